The summed E-state index contributed by atoms with van der Waals surface area (Å²) in [6, 6.07) is 15.7. The van der Waals surface area contributed by atoms with Crippen LogP contribution in [0, 0.1) is 13.8 Å². The molecule has 0 radical (unpaired) electrons. The molecule has 1 heterocycles. The third-order valence-electron chi connectivity index (χ3n) is 4.38. The summed E-state index contributed by atoms with van der Waals surface area (Å²) in [5.74, 6) is 0.308. The highest BCUT2D eigenvalue weighted by Gasteiger charge is 2.24. The SMILES string of the molecule is Cc1ccccc1C(NS(=O)(=O)c1cnc(N)c(C)c1)c1ccc(Cl)cc1. The number of aromatic nitrogens is 1. The van der Waals surface area contributed by atoms with Gasteiger partial charge in [-0.1, -0.05) is 48.0 Å². The first-order valence-electron chi connectivity index (χ1n) is 8.33. The van der Waals surface area contributed by atoms with Crippen molar-refractivity contribution in [3.63, 3.8) is 0 Å². The Morgan fingerprint density at radius 3 is 2.33 bits per heavy atom. The monoisotopic (exact) mass is 401 g/mol. The second-order valence-corrected chi connectivity index (χ2v) is 8.49. The standard InChI is InChI=1S/C20H20ClN3O2S/c1-13-5-3-4-6-18(13)19(15-7-9-16(21)10-8-15)24-27(25,26)17-11-14(2)20(22)23-12-17/h3-12,19,24H,1-2H3,(H2,22,23). The average molecular weight is 402 g/mol. The number of nitrogens with two attached hydrogens (primary N) is 1. The highest BCUT2D eigenvalue weighted by atomic mass is 35.5. The molecule has 0 aliphatic heterocycles. The number of anilines is 1. The Morgan fingerprint density at radius 2 is 1.70 bits per heavy atom. The number of hydrogen-bond acceptors (Lipinski definition) is 4. The van der Waals surface area contributed by atoms with Gasteiger partial charge in [-0.15, -0.1) is 0 Å². The summed E-state index contributed by atoms with van der Waals surface area (Å²) in [7, 11) is -3.82. The molecule has 0 amide bonds. The van der Waals surface area contributed by atoms with Gasteiger partial charge >= 0.3 is 0 Å². The molecule has 0 fully saturated rings. The summed E-state index contributed by atoms with van der Waals surface area (Å²) in [6.07, 6.45) is 1.27. The van der Waals surface area contributed by atoms with Crippen LogP contribution in [0.3, 0.4) is 0 Å². The lowest BCUT2D eigenvalue weighted by Gasteiger charge is -2.22. The lowest BCUT2D eigenvalue weighted by atomic mass is 9.96. The number of rotatable bonds is 5. The van der Waals surface area contributed by atoms with E-state index in [-0.39, 0.29) is 4.90 Å². The smallest absolute Gasteiger partial charge is 0.242 e. The first kappa shape index (κ1) is 19.4. The normalized spacial score (nSPS) is 12.7. The second-order valence-electron chi connectivity index (χ2n) is 6.34. The molecule has 7 heteroatoms. The summed E-state index contributed by atoms with van der Waals surface area (Å²) < 4.78 is 28.8. The number of nitrogen functional groups attached to an aromatic ring is 1. The van der Waals surface area contributed by atoms with Gasteiger partial charge in [0.2, 0.25) is 10.0 Å². The minimum atomic E-state index is -3.82. The minimum Gasteiger partial charge on any atom is -0.383 e. The molecule has 3 N–H and O–H groups in total. The van der Waals surface area contributed by atoms with Gasteiger partial charge in [0.25, 0.3) is 0 Å². The van der Waals surface area contributed by atoms with Crippen molar-refractivity contribution in [3.8, 4) is 0 Å². The van der Waals surface area contributed by atoms with Crippen LogP contribution in [0.5, 0.6) is 0 Å². The number of hydrogen-bond donors (Lipinski definition) is 2. The predicted octanol–water partition coefficient (Wildman–Crippen LogP) is 4.00. The molecule has 140 valence electrons. The summed E-state index contributed by atoms with van der Waals surface area (Å²) >= 11 is 6.00. The van der Waals surface area contributed by atoms with E-state index in [9.17, 15) is 8.42 Å². The van der Waals surface area contributed by atoms with Crippen molar-refractivity contribution in [1.29, 1.82) is 0 Å². The van der Waals surface area contributed by atoms with Crippen LogP contribution in [-0.2, 0) is 10.0 Å². The molecule has 0 aliphatic rings. The van der Waals surface area contributed by atoms with Crippen molar-refractivity contribution in [3.05, 3.63) is 88.1 Å². The number of nitrogens with one attached hydrogen (secondary N) is 1. The number of benzene rings is 2. The molecule has 0 saturated heterocycles. The van der Waals surface area contributed by atoms with Crippen molar-refractivity contribution < 1.29 is 8.42 Å². The van der Waals surface area contributed by atoms with Gasteiger partial charge in [-0.2, -0.15) is 4.72 Å². The zero-order valence-electron chi connectivity index (χ0n) is 15.0. The second kappa shape index (κ2) is 7.68. The van der Waals surface area contributed by atoms with Crippen molar-refractivity contribution >= 4 is 27.4 Å². The molecule has 1 unspecified atom stereocenters. The summed E-state index contributed by atoms with van der Waals surface area (Å²) in [5.41, 5.74) is 8.95. The quantitative estimate of drug-likeness (QED) is 0.676. The maximum atomic E-state index is 13.0. The van der Waals surface area contributed by atoms with Crippen LogP contribution in [0.25, 0.3) is 0 Å². The van der Waals surface area contributed by atoms with Gasteiger partial charge in [0.05, 0.1) is 6.04 Å². The fourth-order valence-corrected chi connectivity index (χ4v) is 4.17. The maximum Gasteiger partial charge on any atom is 0.242 e. The van der Waals surface area contributed by atoms with Crippen molar-refractivity contribution in [2.24, 2.45) is 0 Å². The van der Waals surface area contributed by atoms with Gasteiger partial charge in [0.1, 0.15) is 10.7 Å². The molecule has 0 saturated carbocycles. The molecule has 5 nitrogen and oxygen atoms in total. The minimum absolute atomic E-state index is 0.0711. The van der Waals surface area contributed by atoms with E-state index in [1.54, 1.807) is 19.1 Å². The van der Waals surface area contributed by atoms with Crippen LogP contribution >= 0.6 is 11.6 Å². The zero-order chi connectivity index (χ0) is 19.6. The van der Waals surface area contributed by atoms with E-state index < -0.39 is 16.1 Å². The molecular formula is C20H20ClN3O2S. The largest absolute Gasteiger partial charge is 0.383 e. The zero-order valence-corrected chi connectivity index (χ0v) is 16.6. The third kappa shape index (κ3) is 4.30. The van der Waals surface area contributed by atoms with E-state index in [1.807, 2.05) is 43.3 Å². The van der Waals surface area contributed by atoms with Gasteiger partial charge in [0.15, 0.2) is 0 Å². The number of pyridine rings is 1. The Morgan fingerprint density at radius 1 is 1.04 bits per heavy atom. The van der Waals surface area contributed by atoms with Crippen molar-refractivity contribution in [2.45, 2.75) is 24.8 Å². The molecule has 1 aromatic heterocycles. The lowest BCUT2D eigenvalue weighted by molar-refractivity contribution is 0.571. The van der Waals surface area contributed by atoms with Crippen LogP contribution in [0.15, 0.2) is 65.7 Å². The molecule has 1 atom stereocenters. The first-order valence-corrected chi connectivity index (χ1v) is 10.2. The molecule has 27 heavy (non-hydrogen) atoms. The van der Waals surface area contributed by atoms with E-state index in [0.717, 1.165) is 16.7 Å². The number of nitrogens with zero attached hydrogens (tertiary/aromatic N) is 1. The van der Waals surface area contributed by atoms with Crippen LogP contribution in [0.4, 0.5) is 5.82 Å². The molecular weight excluding hydrogens is 382 g/mol. The van der Waals surface area contributed by atoms with Gasteiger partial charge in [0, 0.05) is 11.2 Å². The summed E-state index contributed by atoms with van der Waals surface area (Å²) in [5, 5.41) is 0.587. The lowest BCUT2D eigenvalue weighted by Crippen LogP contribution is -2.30. The fraction of sp³-hybridized carbons (Fsp3) is 0.150. The van der Waals surface area contributed by atoms with E-state index >= 15 is 0 Å². The van der Waals surface area contributed by atoms with E-state index in [2.05, 4.69) is 9.71 Å². The highest BCUT2D eigenvalue weighted by molar-refractivity contribution is 7.89. The highest BCUT2D eigenvalue weighted by Crippen LogP contribution is 2.28. The van der Waals surface area contributed by atoms with Crippen LogP contribution in [0.1, 0.15) is 28.3 Å². The Hall–Kier alpha value is -2.41. The van der Waals surface area contributed by atoms with Crippen LogP contribution in [0.2, 0.25) is 5.02 Å². The van der Waals surface area contributed by atoms with E-state index in [0.29, 0.717) is 16.4 Å². The van der Waals surface area contributed by atoms with Crippen molar-refractivity contribution in [2.75, 3.05) is 5.73 Å². The summed E-state index contributed by atoms with van der Waals surface area (Å²) in [6.45, 7) is 3.67. The molecule has 0 spiro atoms. The molecule has 3 rings (SSSR count). The maximum absolute atomic E-state index is 13.0. The fourth-order valence-electron chi connectivity index (χ4n) is 2.81. The van der Waals surface area contributed by atoms with Crippen LogP contribution < -0.4 is 10.5 Å². The van der Waals surface area contributed by atoms with Gasteiger partial charge < -0.3 is 5.73 Å². The Bertz CT molecular complexity index is 1070. The Kier molecular flexibility index (Phi) is 5.51. The van der Waals surface area contributed by atoms with E-state index in [4.69, 9.17) is 17.3 Å². The number of sulfonamides is 1. The summed E-state index contributed by atoms with van der Waals surface area (Å²) in [4.78, 5) is 4.04. The molecule has 0 aliphatic carbocycles. The first-order chi connectivity index (χ1) is 12.8. The third-order valence-corrected chi connectivity index (χ3v) is 6.02. The van der Waals surface area contributed by atoms with Gasteiger partial charge in [-0.3, -0.25) is 0 Å². The number of halogens is 1. The van der Waals surface area contributed by atoms with Gasteiger partial charge in [-0.05, 0) is 54.3 Å². The molecule has 2 aromatic carbocycles. The Labute approximate surface area is 164 Å². The van der Waals surface area contributed by atoms with E-state index in [1.165, 1.54) is 12.3 Å². The molecule has 3 aromatic rings. The average Bonchev–Trinajstić information content (AvgIpc) is 2.63. The molecule has 0 bridgehead atoms. The van der Waals surface area contributed by atoms with Gasteiger partial charge in [-0.25, -0.2) is 13.4 Å². The van der Waals surface area contributed by atoms with Crippen LogP contribution in [-0.4, -0.2) is 13.4 Å². The Balaban J connectivity index is 2.06. The topological polar surface area (TPSA) is 85.1 Å². The van der Waals surface area contributed by atoms with Crippen molar-refractivity contribution in [1.82, 2.24) is 9.71 Å². The predicted molar refractivity (Wildman–Crippen MR) is 108 cm³/mol. The number of aryl methyl sites for hydroxylation is 2.